The van der Waals surface area contributed by atoms with E-state index in [2.05, 4.69) is 16.0 Å². The van der Waals surface area contributed by atoms with Gasteiger partial charge in [0.1, 0.15) is 11.4 Å². The Labute approximate surface area is 148 Å². The summed E-state index contributed by atoms with van der Waals surface area (Å²) in [4.78, 5) is 10.0. The van der Waals surface area contributed by atoms with Crippen molar-refractivity contribution in [1.82, 2.24) is 9.97 Å². The van der Waals surface area contributed by atoms with Gasteiger partial charge in [-0.15, -0.1) is 0 Å². The standard InChI is InChI=1S/C19H13ClN2OS/c20-13-5-9-15(10-6-13)24-18-16-2-1-11-21-19(16)22-17(18)12-3-7-14(23)8-4-12/h1-11,23H,(H,21,22). The van der Waals surface area contributed by atoms with Crippen molar-refractivity contribution in [3.63, 3.8) is 0 Å². The van der Waals surface area contributed by atoms with Crippen LogP contribution in [0.1, 0.15) is 0 Å². The van der Waals surface area contributed by atoms with Crippen LogP contribution in [-0.4, -0.2) is 15.1 Å². The molecule has 0 fully saturated rings. The van der Waals surface area contributed by atoms with Gasteiger partial charge in [0.05, 0.1) is 5.69 Å². The smallest absolute Gasteiger partial charge is 0.138 e. The number of fused-ring (bicyclic) bond motifs is 1. The number of hydrogen-bond donors (Lipinski definition) is 2. The average molecular weight is 353 g/mol. The summed E-state index contributed by atoms with van der Waals surface area (Å²) in [5.74, 6) is 0.250. The van der Waals surface area contributed by atoms with Crippen LogP contribution in [0.4, 0.5) is 0 Å². The molecule has 2 aromatic carbocycles. The second-order valence-corrected chi connectivity index (χ2v) is 6.85. The molecule has 0 unspecified atom stereocenters. The summed E-state index contributed by atoms with van der Waals surface area (Å²) in [7, 11) is 0. The third-order valence-corrected chi connectivity index (χ3v) is 5.10. The van der Waals surface area contributed by atoms with E-state index in [0.29, 0.717) is 0 Å². The highest BCUT2D eigenvalue weighted by molar-refractivity contribution is 7.99. The van der Waals surface area contributed by atoms with E-state index < -0.39 is 0 Å². The molecule has 0 aliphatic heterocycles. The number of H-pyrrole nitrogens is 1. The van der Waals surface area contributed by atoms with Crippen LogP contribution in [0.3, 0.4) is 0 Å². The number of phenols is 1. The highest BCUT2D eigenvalue weighted by Crippen LogP contribution is 2.41. The van der Waals surface area contributed by atoms with Crippen LogP contribution in [0.2, 0.25) is 5.02 Å². The van der Waals surface area contributed by atoms with Crippen molar-refractivity contribution in [2.75, 3.05) is 0 Å². The molecule has 4 aromatic rings. The highest BCUT2D eigenvalue weighted by atomic mass is 35.5. The van der Waals surface area contributed by atoms with Gasteiger partial charge in [0.15, 0.2) is 0 Å². The fourth-order valence-corrected chi connectivity index (χ4v) is 3.74. The zero-order valence-corrected chi connectivity index (χ0v) is 14.1. The number of nitrogens with zero attached hydrogens (tertiary/aromatic N) is 1. The Morgan fingerprint density at radius 3 is 2.46 bits per heavy atom. The molecule has 4 rings (SSSR count). The summed E-state index contributed by atoms with van der Waals surface area (Å²) in [6.45, 7) is 0. The highest BCUT2D eigenvalue weighted by Gasteiger charge is 2.15. The van der Waals surface area contributed by atoms with Gasteiger partial charge in [-0.3, -0.25) is 0 Å². The molecule has 0 amide bonds. The first-order valence-electron chi connectivity index (χ1n) is 7.40. The predicted octanol–water partition coefficient (Wildman–Crippen LogP) is 5.74. The molecule has 2 heterocycles. The maximum Gasteiger partial charge on any atom is 0.138 e. The number of benzene rings is 2. The number of phenolic OH excluding ortho intramolecular Hbond substituents is 1. The first kappa shape index (κ1) is 15.1. The van der Waals surface area contributed by atoms with Crippen LogP contribution < -0.4 is 0 Å². The monoisotopic (exact) mass is 352 g/mol. The van der Waals surface area contributed by atoms with Crippen LogP contribution in [0.25, 0.3) is 22.3 Å². The fraction of sp³-hybridized carbons (Fsp3) is 0. The van der Waals surface area contributed by atoms with Gasteiger partial charge >= 0.3 is 0 Å². The molecule has 3 nitrogen and oxygen atoms in total. The number of aromatic nitrogens is 2. The number of aromatic amines is 1. The van der Waals surface area contributed by atoms with Gasteiger partial charge < -0.3 is 10.1 Å². The van der Waals surface area contributed by atoms with Gasteiger partial charge in [-0.1, -0.05) is 23.4 Å². The number of rotatable bonds is 3. The number of aromatic hydroxyl groups is 1. The molecule has 24 heavy (non-hydrogen) atoms. The number of pyridine rings is 1. The van der Waals surface area contributed by atoms with Crippen molar-refractivity contribution < 1.29 is 5.11 Å². The van der Waals surface area contributed by atoms with E-state index in [-0.39, 0.29) is 5.75 Å². The minimum absolute atomic E-state index is 0.250. The predicted molar refractivity (Wildman–Crippen MR) is 98.8 cm³/mol. The van der Waals surface area contributed by atoms with E-state index in [1.165, 1.54) is 0 Å². The Bertz CT molecular complexity index is 994. The Hall–Kier alpha value is -2.43. The molecule has 0 aliphatic rings. The summed E-state index contributed by atoms with van der Waals surface area (Å²) >= 11 is 7.65. The molecule has 0 saturated heterocycles. The van der Waals surface area contributed by atoms with Crippen LogP contribution >= 0.6 is 23.4 Å². The topological polar surface area (TPSA) is 48.9 Å². The minimum Gasteiger partial charge on any atom is -0.508 e. The minimum atomic E-state index is 0.250. The zero-order chi connectivity index (χ0) is 16.5. The molecule has 0 atom stereocenters. The van der Waals surface area contributed by atoms with Crippen LogP contribution in [-0.2, 0) is 0 Å². The summed E-state index contributed by atoms with van der Waals surface area (Å²) in [5.41, 5.74) is 2.84. The van der Waals surface area contributed by atoms with Gasteiger partial charge in [0.2, 0.25) is 0 Å². The second-order valence-electron chi connectivity index (χ2n) is 5.33. The van der Waals surface area contributed by atoms with Crippen molar-refractivity contribution in [3.05, 3.63) is 71.9 Å². The normalized spacial score (nSPS) is 11.0. The molecule has 0 bridgehead atoms. The Morgan fingerprint density at radius 1 is 0.958 bits per heavy atom. The molecule has 2 N–H and O–H groups in total. The van der Waals surface area contributed by atoms with Crippen LogP contribution in [0, 0.1) is 0 Å². The van der Waals surface area contributed by atoms with E-state index >= 15 is 0 Å². The largest absolute Gasteiger partial charge is 0.508 e. The Kier molecular flexibility index (Phi) is 3.92. The molecule has 2 aromatic heterocycles. The number of nitrogens with one attached hydrogen (secondary N) is 1. The SMILES string of the molecule is Oc1ccc(-c2[nH]c3ncccc3c2Sc2ccc(Cl)cc2)cc1. The average Bonchev–Trinajstić information content (AvgIpc) is 2.96. The van der Waals surface area contributed by atoms with Crippen molar-refractivity contribution >= 4 is 34.4 Å². The van der Waals surface area contributed by atoms with Gasteiger partial charge in [-0.05, 0) is 66.2 Å². The second kappa shape index (κ2) is 6.23. The summed E-state index contributed by atoms with van der Waals surface area (Å²) in [5, 5.41) is 11.3. The lowest BCUT2D eigenvalue weighted by Crippen LogP contribution is -1.80. The lowest BCUT2D eigenvalue weighted by atomic mass is 10.1. The van der Waals surface area contributed by atoms with E-state index in [0.717, 1.165) is 37.1 Å². The van der Waals surface area contributed by atoms with E-state index in [4.69, 9.17) is 11.6 Å². The maximum atomic E-state index is 9.53. The maximum absolute atomic E-state index is 9.53. The molecular weight excluding hydrogens is 340 g/mol. The zero-order valence-electron chi connectivity index (χ0n) is 12.5. The summed E-state index contributed by atoms with van der Waals surface area (Å²) < 4.78 is 0. The fourth-order valence-electron chi connectivity index (χ4n) is 2.56. The van der Waals surface area contributed by atoms with Gasteiger partial charge in [-0.25, -0.2) is 4.98 Å². The first-order valence-corrected chi connectivity index (χ1v) is 8.60. The summed E-state index contributed by atoms with van der Waals surface area (Å²) in [6, 6.07) is 18.9. The molecule has 5 heteroatoms. The molecule has 118 valence electrons. The van der Waals surface area contributed by atoms with Crippen LogP contribution in [0.15, 0.2) is 76.7 Å². The van der Waals surface area contributed by atoms with Gasteiger partial charge in [-0.2, -0.15) is 0 Å². The Morgan fingerprint density at radius 2 is 1.71 bits per heavy atom. The van der Waals surface area contributed by atoms with Gasteiger partial charge in [0.25, 0.3) is 0 Å². The molecule has 0 aliphatic carbocycles. The molecule has 0 radical (unpaired) electrons. The van der Waals surface area contributed by atoms with Crippen molar-refractivity contribution in [3.8, 4) is 17.0 Å². The van der Waals surface area contributed by atoms with Crippen molar-refractivity contribution in [2.45, 2.75) is 9.79 Å². The number of hydrogen-bond acceptors (Lipinski definition) is 3. The van der Waals surface area contributed by atoms with Crippen molar-refractivity contribution in [1.29, 1.82) is 0 Å². The lowest BCUT2D eigenvalue weighted by Gasteiger charge is -2.06. The molecular formula is C19H13ClN2OS. The van der Waals surface area contributed by atoms with E-state index in [9.17, 15) is 5.11 Å². The molecule has 0 spiro atoms. The van der Waals surface area contributed by atoms with Gasteiger partial charge in [0, 0.05) is 26.4 Å². The van der Waals surface area contributed by atoms with Crippen LogP contribution in [0.5, 0.6) is 5.75 Å². The Balaban J connectivity index is 1.86. The summed E-state index contributed by atoms with van der Waals surface area (Å²) in [6.07, 6.45) is 1.77. The first-order chi connectivity index (χ1) is 11.7. The van der Waals surface area contributed by atoms with E-state index in [1.807, 2.05) is 42.5 Å². The van der Waals surface area contributed by atoms with E-state index in [1.54, 1.807) is 30.1 Å². The van der Waals surface area contributed by atoms with Crippen molar-refractivity contribution in [2.24, 2.45) is 0 Å². The molecule has 0 saturated carbocycles. The third-order valence-electron chi connectivity index (χ3n) is 3.71. The quantitative estimate of drug-likeness (QED) is 0.494. The third kappa shape index (κ3) is 2.86. The number of halogens is 1. The lowest BCUT2D eigenvalue weighted by molar-refractivity contribution is 0.475.